The highest BCUT2D eigenvalue weighted by Gasteiger charge is 2.30. The zero-order chi connectivity index (χ0) is 21.3. The number of thiophene rings is 1. The van der Waals surface area contributed by atoms with Crippen molar-refractivity contribution >= 4 is 27.3 Å². The third kappa shape index (κ3) is 4.40. The summed E-state index contributed by atoms with van der Waals surface area (Å²) in [5.74, 6) is 1.28. The van der Waals surface area contributed by atoms with Gasteiger partial charge in [-0.25, -0.2) is 8.42 Å². The zero-order valence-corrected chi connectivity index (χ0v) is 19.0. The molecule has 0 saturated carbocycles. The van der Waals surface area contributed by atoms with Crippen molar-refractivity contribution in [2.24, 2.45) is 5.92 Å². The maximum absolute atomic E-state index is 12.9. The Morgan fingerprint density at radius 1 is 1.17 bits per heavy atom. The fourth-order valence-corrected chi connectivity index (χ4v) is 6.79. The van der Waals surface area contributed by atoms with Crippen LogP contribution in [0.1, 0.15) is 46.3 Å². The fourth-order valence-electron chi connectivity index (χ4n) is 4.21. The van der Waals surface area contributed by atoms with E-state index in [1.165, 1.54) is 21.2 Å². The van der Waals surface area contributed by atoms with Crippen LogP contribution in [0.15, 0.2) is 35.2 Å². The molecule has 1 aromatic carbocycles. The molecule has 6 nitrogen and oxygen atoms in total. The number of hydrogen-bond donors (Lipinski definition) is 1. The molecule has 2 heterocycles. The summed E-state index contributed by atoms with van der Waals surface area (Å²) in [6.07, 6.45) is 4.54. The van der Waals surface area contributed by atoms with Crippen molar-refractivity contribution in [1.29, 1.82) is 0 Å². The maximum Gasteiger partial charge on any atom is 0.261 e. The predicted molar refractivity (Wildman–Crippen MR) is 118 cm³/mol. The Morgan fingerprint density at radius 3 is 2.53 bits per heavy atom. The molecule has 1 saturated heterocycles. The van der Waals surface area contributed by atoms with Crippen molar-refractivity contribution in [2.45, 2.75) is 50.0 Å². The highest BCUT2D eigenvalue weighted by Crippen LogP contribution is 2.32. The van der Waals surface area contributed by atoms with Crippen LogP contribution < -0.4 is 10.1 Å². The van der Waals surface area contributed by atoms with Gasteiger partial charge in [0.15, 0.2) is 0 Å². The Morgan fingerprint density at radius 2 is 1.87 bits per heavy atom. The van der Waals surface area contributed by atoms with Crippen molar-refractivity contribution < 1.29 is 17.9 Å². The van der Waals surface area contributed by atoms with Crippen LogP contribution in [0.5, 0.6) is 5.75 Å². The average molecular weight is 449 g/mol. The first kappa shape index (κ1) is 21.3. The van der Waals surface area contributed by atoms with Gasteiger partial charge >= 0.3 is 0 Å². The van der Waals surface area contributed by atoms with Gasteiger partial charge in [-0.2, -0.15) is 4.31 Å². The summed E-state index contributed by atoms with van der Waals surface area (Å²) in [5.41, 5.74) is 1.32. The van der Waals surface area contributed by atoms with Crippen LogP contribution in [-0.4, -0.2) is 44.9 Å². The first-order chi connectivity index (χ1) is 14.4. The van der Waals surface area contributed by atoms with Crippen LogP contribution in [-0.2, 0) is 22.9 Å². The quantitative estimate of drug-likeness (QED) is 0.760. The van der Waals surface area contributed by atoms with Gasteiger partial charge in [0, 0.05) is 24.0 Å². The van der Waals surface area contributed by atoms with E-state index >= 15 is 0 Å². The average Bonchev–Trinajstić information content (AvgIpc) is 3.17. The predicted octanol–water partition coefficient (Wildman–Crippen LogP) is 3.46. The standard InChI is InChI=1S/C22H28N2O4S2/c1-15-3-8-20-16(13-15)14-21(29-20)22(25)23-17-9-11-24(12-10-17)30(26,27)19-6-4-18(28-2)5-7-19/h4-7,14-15,17H,3,8-13H2,1-2H3,(H,23,25). The minimum Gasteiger partial charge on any atom is -0.497 e. The number of carbonyl (C=O) groups is 1. The molecular weight excluding hydrogens is 420 g/mol. The number of nitrogens with one attached hydrogen (secondary N) is 1. The molecule has 1 unspecified atom stereocenters. The van der Waals surface area contributed by atoms with E-state index in [0.29, 0.717) is 37.6 Å². The Kier molecular flexibility index (Phi) is 6.18. The number of benzene rings is 1. The van der Waals surface area contributed by atoms with Crippen molar-refractivity contribution in [3.63, 3.8) is 0 Å². The van der Waals surface area contributed by atoms with E-state index in [-0.39, 0.29) is 16.8 Å². The second-order valence-electron chi connectivity index (χ2n) is 8.23. The summed E-state index contributed by atoms with van der Waals surface area (Å²) in [6.45, 7) is 3.06. The molecule has 2 aliphatic rings. The number of ether oxygens (including phenoxy) is 1. The number of nitrogens with zero attached hydrogens (tertiary/aromatic N) is 1. The number of carbonyl (C=O) groups excluding carboxylic acids is 1. The number of fused-ring (bicyclic) bond motifs is 1. The molecule has 30 heavy (non-hydrogen) atoms. The normalized spacial score (nSPS) is 20.5. The smallest absolute Gasteiger partial charge is 0.261 e. The number of sulfonamides is 1. The number of rotatable bonds is 5. The monoisotopic (exact) mass is 448 g/mol. The molecule has 8 heteroatoms. The maximum atomic E-state index is 12.9. The molecule has 1 amide bonds. The first-order valence-electron chi connectivity index (χ1n) is 10.4. The lowest BCUT2D eigenvalue weighted by Gasteiger charge is -2.31. The molecule has 0 spiro atoms. The highest BCUT2D eigenvalue weighted by atomic mass is 32.2. The SMILES string of the molecule is COc1ccc(S(=O)(=O)N2CCC(NC(=O)c3cc4c(s3)CCC(C)C4)CC2)cc1. The lowest BCUT2D eigenvalue weighted by molar-refractivity contribution is 0.0928. The van der Waals surface area contributed by atoms with Crippen molar-refractivity contribution in [3.8, 4) is 5.75 Å². The summed E-state index contributed by atoms with van der Waals surface area (Å²) in [5, 5.41) is 3.12. The number of methoxy groups -OCH3 is 1. The Balaban J connectivity index is 1.34. The molecule has 0 radical (unpaired) electrons. The Bertz CT molecular complexity index is 1010. The van der Waals surface area contributed by atoms with Crippen LogP contribution >= 0.6 is 11.3 Å². The highest BCUT2D eigenvalue weighted by molar-refractivity contribution is 7.89. The number of piperidine rings is 1. The van der Waals surface area contributed by atoms with Gasteiger partial charge in [0.1, 0.15) is 5.75 Å². The van der Waals surface area contributed by atoms with Crippen LogP contribution in [0, 0.1) is 5.92 Å². The summed E-state index contributed by atoms with van der Waals surface area (Å²) < 4.78 is 32.4. The third-order valence-corrected chi connectivity index (χ3v) is 9.19. The van der Waals surface area contributed by atoms with Gasteiger partial charge in [-0.3, -0.25) is 4.79 Å². The van der Waals surface area contributed by atoms with Crippen LogP contribution in [0.2, 0.25) is 0 Å². The van der Waals surface area contributed by atoms with Crippen LogP contribution in [0.3, 0.4) is 0 Å². The molecule has 1 aliphatic heterocycles. The molecule has 1 aliphatic carbocycles. The second-order valence-corrected chi connectivity index (χ2v) is 11.3. The van der Waals surface area contributed by atoms with Gasteiger partial charge in [0.05, 0.1) is 16.9 Å². The summed E-state index contributed by atoms with van der Waals surface area (Å²) in [7, 11) is -1.98. The molecule has 1 atom stereocenters. The van der Waals surface area contributed by atoms with Crippen LogP contribution in [0.4, 0.5) is 0 Å². The number of hydrogen-bond acceptors (Lipinski definition) is 5. The summed E-state index contributed by atoms with van der Waals surface area (Å²) >= 11 is 1.61. The largest absolute Gasteiger partial charge is 0.497 e. The first-order valence-corrected chi connectivity index (χ1v) is 12.7. The minimum atomic E-state index is -3.53. The third-order valence-electron chi connectivity index (χ3n) is 6.04. The summed E-state index contributed by atoms with van der Waals surface area (Å²) in [4.78, 5) is 15.1. The van der Waals surface area contributed by atoms with E-state index in [1.807, 2.05) is 6.07 Å². The molecule has 1 aromatic heterocycles. The molecule has 2 aromatic rings. The van der Waals surface area contributed by atoms with Crippen molar-refractivity contribution in [1.82, 2.24) is 9.62 Å². The minimum absolute atomic E-state index is 0.00197. The molecular formula is C22H28N2O4S2. The van der Waals surface area contributed by atoms with E-state index in [4.69, 9.17) is 4.74 Å². The van der Waals surface area contributed by atoms with Crippen molar-refractivity contribution in [3.05, 3.63) is 45.6 Å². The Labute approximate surface area is 182 Å². The molecule has 1 fully saturated rings. The van der Waals surface area contributed by atoms with Crippen LogP contribution in [0.25, 0.3) is 0 Å². The zero-order valence-electron chi connectivity index (χ0n) is 17.4. The molecule has 162 valence electrons. The van der Waals surface area contributed by atoms with Gasteiger partial charge in [0.2, 0.25) is 10.0 Å². The number of aryl methyl sites for hydroxylation is 1. The lowest BCUT2D eigenvalue weighted by Crippen LogP contribution is -2.46. The van der Waals surface area contributed by atoms with Crippen molar-refractivity contribution in [2.75, 3.05) is 20.2 Å². The van der Waals surface area contributed by atoms with E-state index in [1.54, 1.807) is 42.7 Å². The molecule has 0 bridgehead atoms. The van der Waals surface area contributed by atoms with E-state index < -0.39 is 10.0 Å². The van der Waals surface area contributed by atoms with Gasteiger partial charge < -0.3 is 10.1 Å². The second kappa shape index (κ2) is 8.69. The fraction of sp³-hybridized carbons (Fsp3) is 0.500. The van der Waals surface area contributed by atoms with E-state index in [2.05, 4.69) is 12.2 Å². The van der Waals surface area contributed by atoms with Gasteiger partial charge in [-0.05, 0) is 73.9 Å². The topological polar surface area (TPSA) is 75.7 Å². The van der Waals surface area contributed by atoms with Gasteiger partial charge in [0.25, 0.3) is 5.91 Å². The van der Waals surface area contributed by atoms with E-state index in [0.717, 1.165) is 17.7 Å². The van der Waals surface area contributed by atoms with Gasteiger partial charge in [-0.15, -0.1) is 11.3 Å². The number of amides is 1. The van der Waals surface area contributed by atoms with Gasteiger partial charge in [-0.1, -0.05) is 6.92 Å². The Hall–Kier alpha value is -1.90. The molecule has 1 N–H and O–H groups in total. The lowest BCUT2D eigenvalue weighted by atomic mass is 9.90. The van der Waals surface area contributed by atoms with E-state index in [9.17, 15) is 13.2 Å². The molecule has 4 rings (SSSR count). The summed E-state index contributed by atoms with van der Waals surface area (Å²) in [6, 6.07) is 8.50.